The molecule has 1 atom stereocenters. The summed E-state index contributed by atoms with van der Waals surface area (Å²) in [7, 11) is -1.95. The molecule has 1 aliphatic heterocycles. The number of nitrogens with zero attached hydrogens (tertiary/aromatic N) is 3. The lowest BCUT2D eigenvalue weighted by Gasteiger charge is -2.36. The number of sulfonamides is 1. The molecule has 148 valence electrons. The van der Waals surface area contributed by atoms with Crippen molar-refractivity contribution in [3.8, 4) is 11.8 Å². The largest absolute Gasteiger partial charge is 0.497 e. The number of hydrogen-bond donors (Lipinski definition) is 0. The Morgan fingerprint density at radius 1 is 1.07 bits per heavy atom. The smallest absolute Gasteiger partial charge is 0.243 e. The minimum absolute atomic E-state index is 0.359. The first-order valence-corrected chi connectivity index (χ1v) is 10.7. The van der Waals surface area contributed by atoms with Gasteiger partial charge in [-0.05, 0) is 48.7 Å². The van der Waals surface area contributed by atoms with E-state index in [1.54, 1.807) is 13.2 Å². The van der Waals surface area contributed by atoms with Crippen molar-refractivity contribution in [2.24, 2.45) is 0 Å². The molecule has 0 aromatic heterocycles. The molecule has 6 nitrogen and oxygen atoms in total. The van der Waals surface area contributed by atoms with Crippen molar-refractivity contribution in [2.75, 3.05) is 33.3 Å². The van der Waals surface area contributed by atoms with Crippen molar-refractivity contribution >= 4 is 10.0 Å². The van der Waals surface area contributed by atoms with Crippen molar-refractivity contribution < 1.29 is 13.2 Å². The number of ether oxygens (including phenoxy) is 1. The van der Waals surface area contributed by atoms with Crippen LogP contribution in [0, 0.1) is 25.2 Å². The first-order chi connectivity index (χ1) is 13.4. The van der Waals surface area contributed by atoms with Gasteiger partial charge in [-0.3, -0.25) is 4.90 Å². The van der Waals surface area contributed by atoms with Gasteiger partial charge in [0.05, 0.1) is 18.1 Å². The number of rotatable bonds is 5. The SMILES string of the molecule is COc1cccc(C(C#N)N2CCN(S(=O)(=O)c3cc(C)ccc3C)CC2)c1. The molecule has 0 amide bonds. The second-order valence-electron chi connectivity index (χ2n) is 7.02. The Morgan fingerprint density at radius 2 is 1.79 bits per heavy atom. The topological polar surface area (TPSA) is 73.6 Å². The van der Waals surface area contributed by atoms with Gasteiger partial charge in [-0.1, -0.05) is 24.3 Å². The summed E-state index contributed by atoms with van der Waals surface area (Å²) in [4.78, 5) is 2.38. The van der Waals surface area contributed by atoms with E-state index in [2.05, 4.69) is 6.07 Å². The van der Waals surface area contributed by atoms with Crippen LogP contribution >= 0.6 is 0 Å². The maximum absolute atomic E-state index is 13.1. The molecule has 1 fully saturated rings. The molecular weight excluding hydrogens is 374 g/mol. The Morgan fingerprint density at radius 3 is 2.43 bits per heavy atom. The van der Waals surface area contributed by atoms with Crippen molar-refractivity contribution in [1.82, 2.24) is 9.21 Å². The third kappa shape index (κ3) is 4.04. The summed E-state index contributed by atoms with van der Waals surface area (Å²) in [6.07, 6.45) is 0. The number of aryl methyl sites for hydroxylation is 2. The summed E-state index contributed by atoms with van der Waals surface area (Å²) in [5, 5.41) is 9.70. The van der Waals surface area contributed by atoms with Gasteiger partial charge in [-0.15, -0.1) is 0 Å². The predicted octanol–water partition coefficient (Wildman–Crippen LogP) is 2.88. The number of nitriles is 1. The molecule has 1 aliphatic rings. The van der Waals surface area contributed by atoms with Gasteiger partial charge in [0.1, 0.15) is 11.8 Å². The molecule has 1 saturated heterocycles. The Hall–Kier alpha value is -2.40. The van der Waals surface area contributed by atoms with Crippen molar-refractivity contribution in [3.63, 3.8) is 0 Å². The van der Waals surface area contributed by atoms with Gasteiger partial charge in [-0.2, -0.15) is 9.57 Å². The summed E-state index contributed by atoms with van der Waals surface area (Å²) in [6, 6.07) is 14.8. The summed E-state index contributed by atoms with van der Waals surface area (Å²) in [6.45, 7) is 5.42. The molecule has 0 saturated carbocycles. The highest BCUT2D eigenvalue weighted by Gasteiger charge is 2.32. The molecule has 2 aromatic carbocycles. The highest BCUT2D eigenvalue weighted by molar-refractivity contribution is 7.89. The number of piperazine rings is 1. The van der Waals surface area contributed by atoms with Crippen LogP contribution < -0.4 is 4.74 Å². The Balaban J connectivity index is 1.76. The van der Waals surface area contributed by atoms with E-state index in [1.807, 2.05) is 55.1 Å². The zero-order valence-corrected chi connectivity index (χ0v) is 17.2. The van der Waals surface area contributed by atoms with Crippen molar-refractivity contribution in [1.29, 1.82) is 5.26 Å². The highest BCUT2D eigenvalue weighted by Crippen LogP contribution is 2.27. The van der Waals surface area contributed by atoms with Gasteiger partial charge in [0.25, 0.3) is 0 Å². The molecule has 1 heterocycles. The van der Waals surface area contributed by atoms with Crippen LogP contribution in [0.5, 0.6) is 5.75 Å². The fourth-order valence-corrected chi connectivity index (χ4v) is 5.24. The standard InChI is InChI=1S/C21H25N3O3S/c1-16-7-8-17(2)21(13-16)28(25,26)24-11-9-23(10-12-24)20(15-22)18-5-4-6-19(14-18)27-3/h4-8,13-14,20H,9-12H2,1-3H3. The maximum atomic E-state index is 13.1. The first kappa shape index (κ1) is 20.3. The molecule has 7 heteroatoms. The van der Waals surface area contributed by atoms with Gasteiger partial charge in [-0.25, -0.2) is 8.42 Å². The minimum Gasteiger partial charge on any atom is -0.497 e. The predicted molar refractivity (Wildman–Crippen MR) is 108 cm³/mol. The Labute approximate surface area is 167 Å². The number of methoxy groups -OCH3 is 1. The molecule has 1 unspecified atom stereocenters. The van der Waals surface area contributed by atoms with E-state index in [0.717, 1.165) is 16.7 Å². The maximum Gasteiger partial charge on any atom is 0.243 e. The molecule has 0 bridgehead atoms. The van der Waals surface area contributed by atoms with E-state index in [4.69, 9.17) is 4.74 Å². The zero-order valence-electron chi connectivity index (χ0n) is 16.4. The Kier molecular flexibility index (Phi) is 6.04. The van der Waals surface area contributed by atoms with E-state index < -0.39 is 16.1 Å². The van der Waals surface area contributed by atoms with Crippen LogP contribution in [0.25, 0.3) is 0 Å². The van der Waals surface area contributed by atoms with E-state index in [1.165, 1.54) is 4.31 Å². The second-order valence-corrected chi connectivity index (χ2v) is 8.92. The molecule has 0 N–H and O–H groups in total. The van der Waals surface area contributed by atoms with Crippen molar-refractivity contribution in [3.05, 3.63) is 59.2 Å². The first-order valence-electron chi connectivity index (χ1n) is 9.22. The van der Waals surface area contributed by atoms with Crippen LogP contribution in [0.4, 0.5) is 0 Å². The fourth-order valence-electron chi connectivity index (χ4n) is 3.51. The van der Waals surface area contributed by atoms with Crippen molar-refractivity contribution in [2.45, 2.75) is 24.8 Å². The zero-order chi connectivity index (χ0) is 20.3. The molecule has 0 aliphatic carbocycles. The molecule has 0 spiro atoms. The highest BCUT2D eigenvalue weighted by atomic mass is 32.2. The average molecular weight is 400 g/mol. The van der Waals surface area contributed by atoms with Gasteiger partial charge >= 0.3 is 0 Å². The third-order valence-corrected chi connectivity index (χ3v) is 7.17. The van der Waals surface area contributed by atoms with E-state index in [-0.39, 0.29) is 0 Å². The molecule has 0 radical (unpaired) electrons. The monoisotopic (exact) mass is 399 g/mol. The van der Waals surface area contributed by atoms with Crippen LogP contribution in [0.2, 0.25) is 0 Å². The van der Waals surface area contributed by atoms with Crippen LogP contribution in [0.15, 0.2) is 47.4 Å². The normalized spacial score (nSPS) is 17.1. The number of benzene rings is 2. The van der Waals surface area contributed by atoms with Gasteiger partial charge < -0.3 is 4.74 Å². The van der Waals surface area contributed by atoms with Gasteiger partial charge in [0, 0.05) is 26.2 Å². The molecule has 2 aromatic rings. The lowest BCUT2D eigenvalue weighted by Crippen LogP contribution is -2.49. The van der Waals surface area contributed by atoms with Crippen LogP contribution in [-0.2, 0) is 10.0 Å². The summed E-state index contributed by atoms with van der Waals surface area (Å²) < 4.78 is 32.9. The summed E-state index contributed by atoms with van der Waals surface area (Å²) in [5.74, 6) is 0.703. The van der Waals surface area contributed by atoms with E-state index >= 15 is 0 Å². The second kappa shape index (κ2) is 8.31. The van der Waals surface area contributed by atoms with Crippen LogP contribution in [0.1, 0.15) is 22.7 Å². The van der Waals surface area contributed by atoms with Crippen LogP contribution in [0.3, 0.4) is 0 Å². The Bertz CT molecular complexity index is 990. The quantitative estimate of drug-likeness (QED) is 0.773. The van der Waals surface area contributed by atoms with E-state index in [9.17, 15) is 13.7 Å². The molecule has 3 rings (SSSR count). The summed E-state index contributed by atoms with van der Waals surface area (Å²) >= 11 is 0. The lowest BCUT2D eigenvalue weighted by molar-refractivity contribution is 0.162. The van der Waals surface area contributed by atoms with Gasteiger partial charge in [0.15, 0.2) is 0 Å². The molecular formula is C21H25N3O3S. The summed E-state index contributed by atoms with van der Waals surface area (Å²) in [5.41, 5.74) is 2.53. The fraction of sp³-hybridized carbons (Fsp3) is 0.381. The van der Waals surface area contributed by atoms with E-state index in [0.29, 0.717) is 36.8 Å². The average Bonchev–Trinajstić information content (AvgIpc) is 2.71. The number of hydrogen-bond acceptors (Lipinski definition) is 5. The van der Waals surface area contributed by atoms with Crippen LogP contribution in [-0.4, -0.2) is 50.9 Å². The third-order valence-electron chi connectivity index (χ3n) is 5.13. The molecule has 28 heavy (non-hydrogen) atoms. The minimum atomic E-state index is -3.54. The lowest BCUT2D eigenvalue weighted by atomic mass is 10.1. The van der Waals surface area contributed by atoms with Gasteiger partial charge in [0.2, 0.25) is 10.0 Å².